The molecular weight excluding hydrogens is 695 g/mol. The Morgan fingerprint density at radius 1 is 0.704 bits per heavy atom. The first kappa shape index (κ1) is 35.3. The van der Waals surface area contributed by atoms with Gasteiger partial charge in [-0.15, -0.1) is 11.3 Å². The molecule has 0 aliphatic carbocycles. The van der Waals surface area contributed by atoms with Gasteiger partial charge in [-0.25, -0.2) is 14.6 Å². The standard InChI is InChI=1S/C45H33N3O5S/c49-30-40(34-21-16-28-38(29-34)52-42(32-17-6-1-7-18-32)33-19-8-2-9-20-33)53-48-41(43(50)51)39-31-54-44(46-39)47-45(35-22-10-3-11-23-35,36-24-12-4-13-25-36)37-26-14-5-15-27-37/h1-29,31,42H,(H,46,47)(H,50,51). The minimum atomic E-state index is -1.39. The van der Waals surface area contributed by atoms with Crippen molar-refractivity contribution in [3.63, 3.8) is 0 Å². The molecule has 0 saturated heterocycles. The lowest BCUT2D eigenvalue weighted by molar-refractivity contribution is -0.129. The second-order valence-electron chi connectivity index (χ2n) is 12.1. The minimum Gasteiger partial charge on any atom is -0.481 e. The van der Waals surface area contributed by atoms with Gasteiger partial charge in [-0.2, -0.15) is 0 Å². The monoisotopic (exact) mass is 727 g/mol. The first-order valence-electron chi connectivity index (χ1n) is 17.1. The summed E-state index contributed by atoms with van der Waals surface area (Å²) < 4.78 is 6.45. The molecule has 1 heterocycles. The molecule has 7 aromatic rings. The number of thiazole rings is 1. The van der Waals surface area contributed by atoms with E-state index in [1.807, 2.05) is 152 Å². The average molecular weight is 728 g/mol. The quantitative estimate of drug-likeness (QED) is 0.0378. The second-order valence-corrected chi connectivity index (χ2v) is 13.0. The minimum absolute atomic E-state index is 0.0500. The van der Waals surface area contributed by atoms with Crippen molar-refractivity contribution >= 4 is 39.8 Å². The van der Waals surface area contributed by atoms with E-state index in [4.69, 9.17) is 9.57 Å². The maximum atomic E-state index is 12.5. The second kappa shape index (κ2) is 16.5. The van der Waals surface area contributed by atoms with Crippen molar-refractivity contribution < 1.29 is 24.3 Å². The Balaban J connectivity index is 1.17. The maximum Gasteiger partial charge on any atom is 0.360 e. The fourth-order valence-corrected chi connectivity index (χ4v) is 6.98. The van der Waals surface area contributed by atoms with Crippen LogP contribution in [-0.4, -0.2) is 27.7 Å². The Hall–Kier alpha value is -7.06. The Kier molecular flexibility index (Phi) is 10.8. The molecule has 0 unspecified atom stereocenters. The van der Waals surface area contributed by atoms with Crippen molar-refractivity contribution in [1.82, 2.24) is 4.98 Å². The van der Waals surface area contributed by atoms with E-state index < -0.39 is 23.3 Å². The number of oxime groups is 1. The fraction of sp³-hybridized carbons (Fsp3) is 0.0444. The number of carboxylic acid groups (broad SMARTS) is 1. The zero-order chi connectivity index (χ0) is 37.2. The Labute approximate surface area is 316 Å². The van der Waals surface area contributed by atoms with E-state index in [-0.39, 0.29) is 11.5 Å². The Bertz CT molecular complexity index is 2260. The van der Waals surface area contributed by atoms with Crippen molar-refractivity contribution in [3.8, 4) is 5.75 Å². The molecule has 264 valence electrons. The molecule has 9 heteroatoms. The van der Waals surface area contributed by atoms with Gasteiger partial charge in [0.1, 0.15) is 23.1 Å². The summed E-state index contributed by atoms with van der Waals surface area (Å²) in [6.07, 6.45) is -0.430. The molecule has 54 heavy (non-hydrogen) atoms. The van der Waals surface area contributed by atoms with Crippen LogP contribution in [0.5, 0.6) is 5.75 Å². The van der Waals surface area contributed by atoms with E-state index in [1.165, 1.54) is 11.3 Å². The molecule has 0 aliphatic rings. The third-order valence-corrected chi connectivity index (χ3v) is 9.50. The van der Waals surface area contributed by atoms with Crippen molar-refractivity contribution in [2.45, 2.75) is 11.6 Å². The summed E-state index contributed by atoms with van der Waals surface area (Å²) in [4.78, 5) is 34.9. The number of hydrogen-bond donors (Lipinski definition) is 2. The molecule has 0 aliphatic heterocycles. The summed E-state index contributed by atoms with van der Waals surface area (Å²) in [5, 5.41) is 19.8. The summed E-state index contributed by atoms with van der Waals surface area (Å²) in [6, 6.07) is 56.2. The van der Waals surface area contributed by atoms with Crippen molar-refractivity contribution in [3.05, 3.63) is 220 Å². The van der Waals surface area contributed by atoms with Crippen LogP contribution in [0.4, 0.5) is 5.13 Å². The van der Waals surface area contributed by atoms with Gasteiger partial charge in [0.05, 0.1) is 0 Å². The summed E-state index contributed by atoms with van der Waals surface area (Å²) in [5.41, 5.74) is 3.74. The van der Waals surface area contributed by atoms with E-state index in [0.717, 1.165) is 27.8 Å². The van der Waals surface area contributed by atoms with Crippen LogP contribution in [0.25, 0.3) is 5.76 Å². The molecule has 7 rings (SSSR count). The Morgan fingerprint density at radius 2 is 1.20 bits per heavy atom. The topological polar surface area (TPSA) is 110 Å². The molecule has 0 fully saturated rings. The highest BCUT2D eigenvalue weighted by Gasteiger charge is 2.37. The molecule has 0 amide bonds. The number of aromatic nitrogens is 1. The first-order valence-corrected chi connectivity index (χ1v) is 17.9. The SMILES string of the molecule is O=C=C(ON=C(C(=O)O)c1csc(NC(c2ccccc2)(c2ccccc2)c2ccccc2)n1)c1cccc(OC(c2ccccc2)c2ccccc2)c1. The Morgan fingerprint density at radius 3 is 1.69 bits per heavy atom. The van der Waals surface area contributed by atoms with Gasteiger partial charge >= 0.3 is 5.97 Å². The molecule has 0 atom stereocenters. The number of rotatable bonds is 14. The fourth-order valence-electron chi connectivity index (χ4n) is 6.23. The molecule has 2 N–H and O–H groups in total. The van der Waals surface area contributed by atoms with Crippen LogP contribution in [0, 0.1) is 0 Å². The van der Waals surface area contributed by atoms with E-state index >= 15 is 0 Å². The van der Waals surface area contributed by atoms with Crippen LogP contribution in [0.2, 0.25) is 0 Å². The zero-order valence-electron chi connectivity index (χ0n) is 28.8. The van der Waals surface area contributed by atoms with E-state index in [9.17, 15) is 14.7 Å². The summed E-state index contributed by atoms with van der Waals surface area (Å²) >= 11 is 1.22. The van der Waals surface area contributed by atoms with Crippen molar-refractivity contribution in [2.24, 2.45) is 5.16 Å². The van der Waals surface area contributed by atoms with Crippen LogP contribution >= 0.6 is 11.3 Å². The number of hydrogen-bond acceptors (Lipinski definition) is 8. The number of carbonyl (C=O) groups is 1. The number of nitrogens with zero attached hydrogens (tertiary/aromatic N) is 2. The van der Waals surface area contributed by atoms with Gasteiger partial charge in [0.15, 0.2) is 11.1 Å². The number of ether oxygens (including phenoxy) is 1. The van der Waals surface area contributed by atoms with E-state index in [2.05, 4.69) is 15.5 Å². The normalized spacial score (nSPS) is 11.4. The molecule has 1 aromatic heterocycles. The molecule has 0 bridgehead atoms. The molecule has 0 saturated carbocycles. The van der Waals surface area contributed by atoms with Crippen molar-refractivity contribution in [1.29, 1.82) is 0 Å². The lowest BCUT2D eigenvalue weighted by Gasteiger charge is -2.36. The van der Waals surface area contributed by atoms with Gasteiger partial charge < -0.3 is 20.0 Å². The number of anilines is 1. The van der Waals surface area contributed by atoms with E-state index in [1.54, 1.807) is 35.6 Å². The first-order chi connectivity index (χ1) is 26.5. The molecule has 0 radical (unpaired) electrons. The van der Waals surface area contributed by atoms with Crippen LogP contribution in [0.15, 0.2) is 186 Å². The summed E-state index contributed by atoms with van der Waals surface area (Å²) in [7, 11) is 0. The lowest BCUT2D eigenvalue weighted by atomic mass is 9.77. The third kappa shape index (κ3) is 7.73. The zero-order valence-corrected chi connectivity index (χ0v) is 29.6. The number of nitrogens with one attached hydrogen (secondary N) is 1. The third-order valence-electron chi connectivity index (χ3n) is 8.74. The van der Waals surface area contributed by atoms with Gasteiger partial charge in [-0.3, -0.25) is 0 Å². The van der Waals surface area contributed by atoms with Crippen LogP contribution in [0.3, 0.4) is 0 Å². The van der Waals surface area contributed by atoms with Gasteiger partial charge in [0.2, 0.25) is 11.5 Å². The number of carbonyl (C=O) groups excluding carboxylic acids is 1. The summed E-state index contributed by atoms with van der Waals surface area (Å²) in [5.74, 6) is 0.509. The van der Waals surface area contributed by atoms with Gasteiger partial charge in [-0.05, 0) is 39.9 Å². The number of benzene rings is 6. The van der Waals surface area contributed by atoms with Crippen molar-refractivity contribution in [2.75, 3.05) is 5.32 Å². The van der Waals surface area contributed by atoms with Gasteiger partial charge in [0.25, 0.3) is 0 Å². The average Bonchev–Trinajstić information content (AvgIpc) is 3.70. The van der Waals surface area contributed by atoms with Crippen LogP contribution in [-0.2, 0) is 20.0 Å². The molecule has 0 spiro atoms. The number of carboxylic acids is 1. The highest BCUT2D eigenvalue weighted by molar-refractivity contribution is 7.14. The predicted molar refractivity (Wildman–Crippen MR) is 211 cm³/mol. The number of aliphatic carboxylic acids is 1. The highest BCUT2D eigenvalue weighted by Crippen LogP contribution is 2.40. The smallest absolute Gasteiger partial charge is 0.360 e. The summed E-state index contributed by atoms with van der Waals surface area (Å²) in [6.45, 7) is 0. The predicted octanol–water partition coefficient (Wildman–Crippen LogP) is 9.39. The maximum absolute atomic E-state index is 12.5. The van der Waals surface area contributed by atoms with E-state index in [0.29, 0.717) is 16.4 Å². The largest absolute Gasteiger partial charge is 0.481 e. The molecular formula is C45H33N3O5S. The lowest BCUT2D eigenvalue weighted by Crippen LogP contribution is -2.38. The highest BCUT2D eigenvalue weighted by atomic mass is 32.1. The molecule has 8 nitrogen and oxygen atoms in total. The van der Waals surface area contributed by atoms with Crippen LogP contribution in [0.1, 0.15) is 45.2 Å². The molecule has 6 aromatic carbocycles. The van der Waals surface area contributed by atoms with Crippen LogP contribution < -0.4 is 10.1 Å². The van der Waals surface area contributed by atoms with Gasteiger partial charge in [-0.1, -0.05) is 169 Å². The van der Waals surface area contributed by atoms with Gasteiger partial charge in [0, 0.05) is 10.9 Å².